The third-order valence-electron chi connectivity index (χ3n) is 5.15. The van der Waals surface area contributed by atoms with Crippen LogP contribution in [0.1, 0.15) is 17.0 Å². The summed E-state index contributed by atoms with van der Waals surface area (Å²) in [4.78, 5) is 4.63. The number of H-pyrrole nitrogens is 1. The minimum Gasteiger partial charge on any atom is -0.266 e. The van der Waals surface area contributed by atoms with E-state index >= 15 is 0 Å². The van der Waals surface area contributed by atoms with Crippen molar-refractivity contribution in [2.45, 2.75) is 20.4 Å². The predicted octanol–water partition coefficient (Wildman–Crippen LogP) is 3.88. The second-order valence-electron chi connectivity index (χ2n) is 7.43. The molecule has 8 nitrogen and oxygen atoms in total. The molecule has 10 heteroatoms. The van der Waals surface area contributed by atoms with Gasteiger partial charge >= 0.3 is 0 Å². The van der Waals surface area contributed by atoms with Crippen LogP contribution >= 0.6 is 12.2 Å². The third-order valence-corrected chi connectivity index (χ3v) is 5.42. The van der Waals surface area contributed by atoms with Crippen LogP contribution in [0.5, 0.6) is 0 Å². The molecule has 4 heterocycles. The minimum absolute atomic E-state index is 0.260. The fourth-order valence-corrected chi connectivity index (χ4v) is 4.03. The van der Waals surface area contributed by atoms with Gasteiger partial charge in [-0.2, -0.15) is 15.3 Å². The molecule has 4 aromatic heterocycles. The van der Waals surface area contributed by atoms with E-state index in [1.807, 2.05) is 37.7 Å². The Hall–Kier alpha value is -3.66. The highest BCUT2D eigenvalue weighted by Gasteiger charge is 2.20. The number of rotatable bonds is 4. The van der Waals surface area contributed by atoms with Gasteiger partial charge in [0.1, 0.15) is 5.82 Å². The van der Waals surface area contributed by atoms with Crippen LogP contribution in [0.15, 0.2) is 42.7 Å². The van der Waals surface area contributed by atoms with E-state index in [0.29, 0.717) is 17.1 Å². The molecule has 5 rings (SSSR count). The Morgan fingerprint density at radius 3 is 2.71 bits per heavy atom. The quantitative estimate of drug-likeness (QED) is 0.434. The summed E-state index contributed by atoms with van der Waals surface area (Å²) >= 11 is 5.53. The van der Waals surface area contributed by atoms with Crippen molar-refractivity contribution in [2.24, 2.45) is 7.05 Å². The zero-order valence-corrected chi connectivity index (χ0v) is 18.0. The first-order valence-corrected chi connectivity index (χ1v) is 10.1. The van der Waals surface area contributed by atoms with E-state index in [2.05, 4.69) is 25.4 Å². The summed E-state index contributed by atoms with van der Waals surface area (Å²) in [5, 5.41) is 17.3. The van der Waals surface area contributed by atoms with Gasteiger partial charge in [0.25, 0.3) is 0 Å². The van der Waals surface area contributed by atoms with Gasteiger partial charge in [-0.15, -0.1) is 0 Å². The molecule has 0 amide bonds. The van der Waals surface area contributed by atoms with Crippen LogP contribution in [0, 0.1) is 24.4 Å². The molecule has 156 valence electrons. The monoisotopic (exact) mass is 434 g/mol. The molecule has 0 radical (unpaired) electrons. The molecule has 0 spiro atoms. The molecular weight excluding hydrogens is 415 g/mol. The number of aryl methyl sites for hydroxylation is 3. The number of halogens is 1. The van der Waals surface area contributed by atoms with Gasteiger partial charge < -0.3 is 0 Å². The smallest absolute Gasteiger partial charge is 0.200 e. The zero-order chi connectivity index (χ0) is 21.7. The molecule has 5 aromatic rings. The van der Waals surface area contributed by atoms with Gasteiger partial charge in [0, 0.05) is 24.5 Å². The number of aromatic amines is 1. The molecule has 0 aliphatic heterocycles. The van der Waals surface area contributed by atoms with Crippen molar-refractivity contribution in [3.8, 4) is 17.1 Å². The summed E-state index contributed by atoms with van der Waals surface area (Å²) < 4.78 is 19.0. The van der Waals surface area contributed by atoms with Crippen LogP contribution in [0.3, 0.4) is 0 Å². The van der Waals surface area contributed by atoms with Crippen molar-refractivity contribution in [3.63, 3.8) is 0 Å². The molecule has 0 atom stereocenters. The molecule has 0 unspecified atom stereocenters. The Morgan fingerprint density at radius 1 is 1.16 bits per heavy atom. The number of hydrogen-bond acceptors (Lipinski definition) is 5. The minimum atomic E-state index is -0.260. The van der Waals surface area contributed by atoms with Gasteiger partial charge in [0.15, 0.2) is 16.2 Å². The van der Waals surface area contributed by atoms with Gasteiger partial charge in [-0.3, -0.25) is 19.0 Å². The lowest BCUT2D eigenvalue weighted by atomic mass is 10.1. The Bertz CT molecular complexity index is 1470. The van der Waals surface area contributed by atoms with Crippen molar-refractivity contribution < 1.29 is 4.39 Å². The number of nitrogens with zero attached hydrogens (tertiary/aromatic N) is 7. The maximum atomic E-state index is 13.2. The molecule has 31 heavy (non-hydrogen) atoms. The molecule has 0 saturated carbocycles. The van der Waals surface area contributed by atoms with Crippen molar-refractivity contribution >= 4 is 23.3 Å². The van der Waals surface area contributed by atoms with Crippen molar-refractivity contribution in [3.05, 3.63) is 70.3 Å². The summed E-state index contributed by atoms with van der Waals surface area (Å²) in [6.45, 7) is 4.41. The van der Waals surface area contributed by atoms with Crippen LogP contribution in [0.4, 0.5) is 4.39 Å². The maximum absolute atomic E-state index is 13.2. The first-order valence-electron chi connectivity index (χ1n) is 9.67. The Morgan fingerprint density at radius 2 is 1.94 bits per heavy atom. The van der Waals surface area contributed by atoms with E-state index in [1.165, 1.54) is 12.1 Å². The second-order valence-corrected chi connectivity index (χ2v) is 7.82. The topological polar surface area (TPSA) is 82.1 Å². The van der Waals surface area contributed by atoms with Crippen molar-refractivity contribution in [1.29, 1.82) is 0 Å². The molecule has 0 aliphatic rings. The van der Waals surface area contributed by atoms with E-state index in [9.17, 15) is 4.39 Å². The maximum Gasteiger partial charge on any atom is 0.200 e. The largest absolute Gasteiger partial charge is 0.266 e. The lowest BCUT2D eigenvalue weighted by Crippen LogP contribution is -2.01. The van der Waals surface area contributed by atoms with Gasteiger partial charge in [-0.25, -0.2) is 9.37 Å². The average molecular weight is 435 g/mol. The van der Waals surface area contributed by atoms with E-state index in [4.69, 9.17) is 12.2 Å². The lowest BCUT2D eigenvalue weighted by molar-refractivity contribution is 0.624. The summed E-state index contributed by atoms with van der Waals surface area (Å²) in [6, 6.07) is 8.36. The third kappa shape index (κ3) is 3.34. The number of nitrogens with one attached hydrogen (secondary N) is 1. The Labute approximate surface area is 182 Å². The fraction of sp³-hybridized carbons (Fsp3) is 0.190. The van der Waals surface area contributed by atoms with Gasteiger partial charge in [-0.05, 0) is 49.8 Å². The van der Waals surface area contributed by atoms with Crippen LogP contribution in [-0.4, -0.2) is 39.3 Å². The summed E-state index contributed by atoms with van der Waals surface area (Å²) in [5.41, 5.74) is 5.14. The SMILES string of the molecule is Cc1cc(-c2n[nH]c(=S)n2-c2cnn(Cc3ccc(F)cc3)c2)c2c(C)nn(C)c2n1. The molecule has 0 bridgehead atoms. The van der Waals surface area contributed by atoms with Crippen LogP contribution < -0.4 is 0 Å². The number of pyridine rings is 1. The van der Waals surface area contributed by atoms with E-state index in [0.717, 1.165) is 39.2 Å². The van der Waals surface area contributed by atoms with Crippen LogP contribution in [-0.2, 0) is 13.6 Å². The van der Waals surface area contributed by atoms with Crippen molar-refractivity contribution in [1.82, 2.24) is 39.3 Å². The standard InChI is InChI=1S/C21H19FN8S/c1-12-8-17(18-13(2)27-28(3)20(18)24-12)19-25-26-21(31)30(19)16-9-23-29(11-16)10-14-4-6-15(22)7-5-14/h4-9,11H,10H2,1-3H3,(H,26,31). The molecular formula is C21H19FN8S. The molecule has 0 saturated heterocycles. The highest BCUT2D eigenvalue weighted by molar-refractivity contribution is 7.71. The molecule has 0 aliphatic carbocycles. The zero-order valence-electron chi connectivity index (χ0n) is 17.2. The fourth-order valence-electron chi connectivity index (χ4n) is 3.79. The first kappa shape index (κ1) is 19.3. The average Bonchev–Trinajstić information content (AvgIpc) is 3.41. The highest BCUT2D eigenvalue weighted by Crippen LogP contribution is 2.31. The highest BCUT2D eigenvalue weighted by atomic mass is 32.1. The normalized spacial score (nSPS) is 11.5. The molecule has 1 aromatic carbocycles. The lowest BCUT2D eigenvalue weighted by Gasteiger charge is -2.07. The second kappa shape index (κ2) is 7.24. The van der Waals surface area contributed by atoms with Crippen LogP contribution in [0.25, 0.3) is 28.1 Å². The van der Waals surface area contributed by atoms with Gasteiger partial charge in [0.05, 0.1) is 29.5 Å². The Balaban J connectivity index is 1.61. The number of aromatic nitrogens is 8. The number of hydrogen-bond donors (Lipinski definition) is 1. The predicted molar refractivity (Wildman–Crippen MR) is 117 cm³/mol. The van der Waals surface area contributed by atoms with Crippen LogP contribution in [0.2, 0.25) is 0 Å². The summed E-state index contributed by atoms with van der Waals surface area (Å²) in [5.74, 6) is 0.404. The van der Waals surface area contributed by atoms with E-state index in [1.54, 1.807) is 27.7 Å². The molecule has 1 N–H and O–H groups in total. The molecule has 0 fully saturated rings. The first-order chi connectivity index (χ1) is 14.9. The van der Waals surface area contributed by atoms with E-state index < -0.39 is 0 Å². The van der Waals surface area contributed by atoms with Gasteiger partial charge in [-0.1, -0.05) is 12.1 Å². The number of benzene rings is 1. The summed E-state index contributed by atoms with van der Waals surface area (Å²) in [7, 11) is 1.88. The summed E-state index contributed by atoms with van der Waals surface area (Å²) in [6.07, 6.45) is 3.62. The van der Waals surface area contributed by atoms with Crippen molar-refractivity contribution in [2.75, 3.05) is 0 Å². The van der Waals surface area contributed by atoms with Gasteiger partial charge in [0.2, 0.25) is 0 Å². The number of fused-ring (bicyclic) bond motifs is 1. The van der Waals surface area contributed by atoms with E-state index in [-0.39, 0.29) is 5.82 Å². The Kier molecular flexibility index (Phi) is 4.51.